The first-order valence-electron chi connectivity index (χ1n) is 14.1. The smallest absolute Gasteiger partial charge is 0.256 e. The number of pyridine rings is 2. The van der Waals surface area contributed by atoms with E-state index in [4.69, 9.17) is 14.6 Å². The second-order valence-corrected chi connectivity index (χ2v) is 10.6. The van der Waals surface area contributed by atoms with Gasteiger partial charge in [0.15, 0.2) is 11.5 Å². The highest BCUT2D eigenvalue weighted by atomic mass is 16.5. The van der Waals surface area contributed by atoms with Crippen LogP contribution in [0.4, 0.5) is 17.3 Å². The summed E-state index contributed by atoms with van der Waals surface area (Å²) in [5.41, 5.74) is 3.23. The van der Waals surface area contributed by atoms with Gasteiger partial charge in [0.1, 0.15) is 28.5 Å². The molecule has 1 aliphatic heterocycles. The molecule has 3 N–H and O–H groups in total. The van der Waals surface area contributed by atoms with Crippen molar-refractivity contribution in [2.24, 2.45) is 0 Å². The van der Waals surface area contributed by atoms with E-state index in [0.717, 1.165) is 47.7 Å². The summed E-state index contributed by atoms with van der Waals surface area (Å²) in [5, 5.41) is 15.6. The molecule has 11 nitrogen and oxygen atoms in total. The van der Waals surface area contributed by atoms with E-state index in [0.29, 0.717) is 35.1 Å². The number of anilines is 3. The number of aromatic nitrogens is 4. The summed E-state index contributed by atoms with van der Waals surface area (Å²) in [5.74, 6) is 2.98. The predicted molar refractivity (Wildman–Crippen MR) is 168 cm³/mol. The quantitative estimate of drug-likeness (QED) is 0.215. The number of nitrogens with zero attached hydrogens (tertiary/aromatic N) is 5. The largest absolute Gasteiger partial charge is 0.497 e. The van der Waals surface area contributed by atoms with E-state index in [-0.39, 0.29) is 11.9 Å². The van der Waals surface area contributed by atoms with Gasteiger partial charge in [-0.1, -0.05) is 12.1 Å². The second kappa shape index (κ2) is 12.4. The minimum atomic E-state index is -0.252. The average molecular weight is 579 g/mol. The van der Waals surface area contributed by atoms with Crippen LogP contribution in [0.5, 0.6) is 17.2 Å². The number of nitrogens with one attached hydrogen (secondary N) is 3. The van der Waals surface area contributed by atoms with E-state index in [1.807, 2.05) is 66.1 Å². The molecule has 2 aromatic carbocycles. The van der Waals surface area contributed by atoms with Crippen molar-refractivity contribution in [3.63, 3.8) is 0 Å². The minimum Gasteiger partial charge on any atom is -0.497 e. The number of carbonyl (C=O) groups is 1. The van der Waals surface area contributed by atoms with Crippen molar-refractivity contribution in [3.8, 4) is 17.2 Å². The fourth-order valence-corrected chi connectivity index (χ4v) is 5.00. The predicted octanol–water partition coefficient (Wildman–Crippen LogP) is 4.77. The molecule has 43 heavy (non-hydrogen) atoms. The Kier molecular flexibility index (Phi) is 8.05. The summed E-state index contributed by atoms with van der Waals surface area (Å²) < 4.78 is 13.6. The first-order chi connectivity index (χ1) is 21.0. The van der Waals surface area contributed by atoms with Crippen molar-refractivity contribution in [1.82, 2.24) is 25.1 Å². The van der Waals surface area contributed by atoms with E-state index in [2.05, 4.69) is 25.9 Å². The lowest BCUT2D eigenvalue weighted by Crippen LogP contribution is -2.22. The molecule has 4 heterocycles. The zero-order valence-corrected chi connectivity index (χ0v) is 24.4. The Morgan fingerprint density at radius 3 is 2.51 bits per heavy atom. The Labute approximate surface area is 249 Å². The summed E-state index contributed by atoms with van der Waals surface area (Å²) >= 11 is 0. The maximum absolute atomic E-state index is 12.9. The fourth-order valence-electron chi connectivity index (χ4n) is 5.00. The molecule has 1 saturated heterocycles. The van der Waals surface area contributed by atoms with E-state index in [1.54, 1.807) is 43.8 Å². The number of fused-ring (bicyclic) bond motifs is 1. The molecule has 0 spiro atoms. The van der Waals surface area contributed by atoms with Crippen LogP contribution in [-0.2, 0) is 6.54 Å². The van der Waals surface area contributed by atoms with E-state index >= 15 is 0 Å². The second-order valence-electron chi connectivity index (χ2n) is 10.6. The van der Waals surface area contributed by atoms with Gasteiger partial charge in [-0.05, 0) is 61.0 Å². The van der Waals surface area contributed by atoms with Gasteiger partial charge in [-0.25, -0.2) is 14.6 Å². The molecule has 0 saturated carbocycles. The Morgan fingerprint density at radius 1 is 1.02 bits per heavy atom. The summed E-state index contributed by atoms with van der Waals surface area (Å²) in [6.45, 7) is 2.36. The van der Waals surface area contributed by atoms with Crippen LogP contribution in [0.1, 0.15) is 22.3 Å². The molecule has 5 aromatic rings. The van der Waals surface area contributed by atoms with Crippen molar-refractivity contribution in [1.29, 1.82) is 0 Å². The van der Waals surface area contributed by atoms with Crippen LogP contribution in [0, 0.1) is 0 Å². The Hall–Kier alpha value is -5.16. The molecule has 0 aliphatic carbocycles. The third-order valence-electron chi connectivity index (χ3n) is 7.33. The third kappa shape index (κ3) is 6.36. The van der Waals surface area contributed by atoms with Crippen LogP contribution >= 0.6 is 0 Å². The molecule has 1 amide bonds. The molecule has 1 aliphatic rings. The number of benzene rings is 2. The lowest BCUT2D eigenvalue weighted by molar-refractivity contribution is 0.102. The number of methoxy groups -OCH3 is 1. The first-order valence-corrected chi connectivity index (χ1v) is 14.1. The first kappa shape index (κ1) is 28.0. The molecular weight excluding hydrogens is 544 g/mol. The van der Waals surface area contributed by atoms with Gasteiger partial charge in [0.05, 0.1) is 13.7 Å². The minimum absolute atomic E-state index is 0.252. The fraction of sp³-hybridized carbons (Fsp3) is 0.250. The normalized spacial score (nSPS) is 14.4. The molecule has 6 rings (SSSR count). The highest BCUT2D eigenvalue weighted by Gasteiger charge is 2.22. The monoisotopic (exact) mass is 578 g/mol. The van der Waals surface area contributed by atoms with Crippen LogP contribution < -0.4 is 30.3 Å². The van der Waals surface area contributed by atoms with E-state index < -0.39 is 0 Å². The van der Waals surface area contributed by atoms with Crippen molar-refractivity contribution in [2.45, 2.75) is 19.0 Å². The van der Waals surface area contributed by atoms with E-state index in [1.165, 1.54) is 0 Å². The average Bonchev–Trinajstić information content (AvgIpc) is 3.66. The highest BCUT2D eigenvalue weighted by Crippen LogP contribution is 2.35. The summed E-state index contributed by atoms with van der Waals surface area (Å²) in [4.78, 5) is 23.8. The lowest BCUT2D eigenvalue weighted by Gasteiger charge is -2.13. The molecule has 0 unspecified atom stereocenters. The van der Waals surface area contributed by atoms with Crippen molar-refractivity contribution in [2.75, 3.05) is 49.8 Å². The molecular formula is C32H34N8O3. The highest BCUT2D eigenvalue weighted by molar-refractivity contribution is 6.04. The SMILES string of the molecule is COc1ccc(Cn2nc(N[C@@H]3CCNC3)c3c(Oc4ccc(C(=O)Nc5cc(N(C)C)ccn5)cc4)ccnc32)cc1. The van der Waals surface area contributed by atoms with Crippen LogP contribution in [0.3, 0.4) is 0 Å². The molecule has 11 heteroatoms. The zero-order chi connectivity index (χ0) is 29.8. The molecule has 3 aromatic heterocycles. The van der Waals surface area contributed by atoms with Gasteiger partial charge < -0.3 is 30.3 Å². The van der Waals surface area contributed by atoms with Crippen LogP contribution in [0.15, 0.2) is 79.1 Å². The van der Waals surface area contributed by atoms with E-state index in [9.17, 15) is 4.79 Å². The van der Waals surface area contributed by atoms with Crippen LogP contribution in [-0.4, -0.2) is 66.0 Å². The van der Waals surface area contributed by atoms with Gasteiger partial charge in [-0.3, -0.25) is 4.79 Å². The Bertz CT molecular complexity index is 1710. The van der Waals surface area contributed by atoms with Crippen LogP contribution in [0.25, 0.3) is 11.0 Å². The zero-order valence-electron chi connectivity index (χ0n) is 24.4. The third-order valence-corrected chi connectivity index (χ3v) is 7.33. The Balaban J connectivity index is 1.25. The molecule has 0 bridgehead atoms. The Morgan fingerprint density at radius 2 is 1.79 bits per heavy atom. The van der Waals surface area contributed by atoms with Gasteiger partial charge in [-0.15, -0.1) is 0 Å². The number of ether oxygens (including phenoxy) is 2. The number of rotatable bonds is 10. The van der Waals surface area contributed by atoms with Crippen molar-refractivity contribution < 1.29 is 14.3 Å². The maximum Gasteiger partial charge on any atom is 0.256 e. The summed E-state index contributed by atoms with van der Waals surface area (Å²) in [6, 6.07) is 20.7. The molecule has 0 radical (unpaired) electrons. The molecule has 1 fully saturated rings. The number of hydrogen-bond donors (Lipinski definition) is 3. The summed E-state index contributed by atoms with van der Waals surface area (Å²) in [7, 11) is 5.53. The topological polar surface area (TPSA) is 118 Å². The van der Waals surface area contributed by atoms with Gasteiger partial charge in [-0.2, -0.15) is 5.10 Å². The maximum atomic E-state index is 12.9. The lowest BCUT2D eigenvalue weighted by atomic mass is 10.2. The van der Waals surface area contributed by atoms with Crippen molar-refractivity contribution in [3.05, 3.63) is 90.3 Å². The number of carbonyl (C=O) groups excluding carboxylic acids is 1. The van der Waals surface area contributed by atoms with Gasteiger partial charge in [0.2, 0.25) is 0 Å². The van der Waals surface area contributed by atoms with Crippen LogP contribution in [0.2, 0.25) is 0 Å². The van der Waals surface area contributed by atoms with Crippen molar-refractivity contribution >= 4 is 34.3 Å². The van der Waals surface area contributed by atoms with Gasteiger partial charge in [0.25, 0.3) is 5.91 Å². The number of hydrogen-bond acceptors (Lipinski definition) is 9. The molecule has 1 atom stereocenters. The number of amides is 1. The summed E-state index contributed by atoms with van der Waals surface area (Å²) in [6.07, 6.45) is 4.39. The standard InChI is InChI=1S/C32H34N8O3/c1-39(2)24-13-16-34-28(18-24)37-32(41)22-6-10-26(11-7-22)43-27-14-17-35-31-29(27)30(36-23-12-15-33-19-23)38-40(31)20-21-4-8-25(42-3)9-5-21/h4-11,13-14,16-18,23,33H,12,15,19-20H2,1-3H3,(H,36,38)(H,34,37,41)/t23-/m1/s1. The van der Waals surface area contributed by atoms with Gasteiger partial charge in [0, 0.05) is 62.5 Å². The van der Waals surface area contributed by atoms with Gasteiger partial charge >= 0.3 is 0 Å². The molecule has 220 valence electrons.